The predicted molar refractivity (Wildman–Crippen MR) is 73.7 cm³/mol. The minimum atomic E-state index is -1.14. The Hall–Kier alpha value is -2.77. The van der Waals surface area contributed by atoms with Crippen LogP contribution in [0.2, 0.25) is 0 Å². The quantitative estimate of drug-likeness (QED) is 0.667. The van der Waals surface area contributed by atoms with Crippen molar-refractivity contribution in [1.82, 2.24) is 15.0 Å². The molecule has 1 aromatic carbocycles. The molecule has 0 saturated carbocycles. The van der Waals surface area contributed by atoms with Crippen LogP contribution in [0.3, 0.4) is 0 Å². The first-order valence-corrected chi connectivity index (χ1v) is 6.39. The van der Waals surface area contributed by atoms with Gasteiger partial charge in [0.05, 0.1) is 16.3 Å². The number of carboxylic acids is 1. The average Bonchev–Trinajstić information content (AvgIpc) is 2.82. The summed E-state index contributed by atoms with van der Waals surface area (Å²) < 4.78 is 1.42. The van der Waals surface area contributed by atoms with E-state index in [9.17, 15) is 14.9 Å². The molecule has 8 nitrogen and oxygen atoms in total. The highest BCUT2D eigenvalue weighted by Crippen LogP contribution is 2.22. The SMILES string of the molecule is CCCc1c(C(=O)O)nnn1-c1ccc([N+](=O)[O-])c(C)c1. The second-order valence-electron chi connectivity index (χ2n) is 4.58. The molecule has 1 aromatic heterocycles. The van der Waals surface area contributed by atoms with Crippen molar-refractivity contribution in [3.05, 3.63) is 45.3 Å². The molecule has 1 N–H and O–H groups in total. The fourth-order valence-electron chi connectivity index (χ4n) is 2.11. The van der Waals surface area contributed by atoms with E-state index in [-0.39, 0.29) is 11.4 Å². The van der Waals surface area contributed by atoms with E-state index < -0.39 is 10.9 Å². The van der Waals surface area contributed by atoms with Crippen LogP contribution in [-0.2, 0) is 6.42 Å². The molecule has 8 heteroatoms. The molecule has 0 saturated heterocycles. The van der Waals surface area contributed by atoms with Gasteiger partial charge in [0.2, 0.25) is 0 Å². The summed E-state index contributed by atoms with van der Waals surface area (Å²) in [6.07, 6.45) is 1.24. The van der Waals surface area contributed by atoms with E-state index in [1.807, 2.05) is 6.92 Å². The summed E-state index contributed by atoms with van der Waals surface area (Å²) in [4.78, 5) is 21.5. The van der Waals surface area contributed by atoms with Gasteiger partial charge in [-0.2, -0.15) is 0 Å². The lowest BCUT2D eigenvalue weighted by atomic mass is 10.1. The monoisotopic (exact) mass is 290 g/mol. The molecule has 2 aromatic rings. The van der Waals surface area contributed by atoms with Gasteiger partial charge in [-0.25, -0.2) is 9.48 Å². The molecule has 0 aliphatic heterocycles. The van der Waals surface area contributed by atoms with Crippen molar-refractivity contribution in [3.63, 3.8) is 0 Å². The normalized spacial score (nSPS) is 10.6. The summed E-state index contributed by atoms with van der Waals surface area (Å²) in [5.41, 5.74) is 1.44. The minimum absolute atomic E-state index is 0.00867. The smallest absolute Gasteiger partial charge is 0.358 e. The molecule has 110 valence electrons. The summed E-state index contributed by atoms with van der Waals surface area (Å²) in [7, 11) is 0. The van der Waals surface area contributed by atoms with Crippen LogP contribution in [0.5, 0.6) is 0 Å². The van der Waals surface area contributed by atoms with Crippen molar-refractivity contribution in [2.24, 2.45) is 0 Å². The third-order valence-electron chi connectivity index (χ3n) is 3.07. The molecule has 0 aliphatic carbocycles. The van der Waals surface area contributed by atoms with E-state index in [1.165, 1.54) is 16.8 Å². The highest BCUT2D eigenvalue weighted by molar-refractivity contribution is 5.86. The molecule has 0 radical (unpaired) electrons. The molecule has 0 unspecified atom stereocenters. The number of hydrogen-bond donors (Lipinski definition) is 1. The van der Waals surface area contributed by atoms with Crippen LogP contribution in [0.25, 0.3) is 5.69 Å². The maximum absolute atomic E-state index is 11.1. The topological polar surface area (TPSA) is 111 Å². The van der Waals surface area contributed by atoms with Gasteiger partial charge < -0.3 is 5.11 Å². The van der Waals surface area contributed by atoms with Crippen LogP contribution in [0.1, 0.15) is 35.1 Å². The second kappa shape index (κ2) is 5.70. The van der Waals surface area contributed by atoms with Gasteiger partial charge in [0.15, 0.2) is 5.69 Å². The number of rotatable bonds is 5. The lowest BCUT2D eigenvalue weighted by Gasteiger charge is -2.07. The van der Waals surface area contributed by atoms with Crippen molar-refractivity contribution < 1.29 is 14.8 Å². The van der Waals surface area contributed by atoms with E-state index in [0.29, 0.717) is 23.4 Å². The molecule has 0 amide bonds. The van der Waals surface area contributed by atoms with Crippen LogP contribution in [0.15, 0.2) is 18.2 Å². The zero-order valence-corrected chi connectivity index (χ0v) is 11.6. The Labute approximate surface area is 120 Å². The van der Waals surface area contributed by atoms with Crippen molar-refractivity contribution in [2.75, 3.05) is 0 Å². The highest BCUT2D eigenvalue weighted by atomic mass is 16.6. The molecule has 0 spiro atoms. The first kappa shape index (κ1) is 14.6. The molecular formula is C13H14N4O4. The van der Waals surface area contributed by atoms with Crippen LogP contribution >= 0.6 is 0 Å². The van der Waals surface area contributed by atoms with Gasteiger partial charge in [0.1, 0.15) is 0 Å². The van der Waals surface area contributed by atoms with Crippen LogP contribution < -0.4 is 0 Å². The maximum atomic E-state index is 11.1. The number of hydrogen-bond acceptors (Lipinski definition) is 5. The number of benzene rings is 1. The first-order chi connectivity index (χ1) is 9.95. The number of aromatic carboxylic acids is 1. The summed E-state index contributed by atoms with van der Waals surface area (Å²) in [6, 6.07) is 4.50. The van der Waals surface area contributed by atoms with Gasteiger partial charge in [0, 0.05) is 11.6 Å². The number of aryl methyl sites for hydroxylation is 1. The maximum Gasteiger partial charge on any atom is 0.358 e. The molecule has 0 atom stereocenters. The van der Waals surface area contributed by atoms with Gasteiger partial charge >= 0.3 is 5.97 Å². The fourth-order valence-corrected chi connectivity index (χ4v) is 2.11. The zero-order chi connectivity index (χ0) is 15.6. The number of nitrogens with zero attached hydrogens (tertiary/aromatic N) is 4. The molecule has 1 heterocycles. The standard InChI is InChI=1S/C13H14N4O4/c1-3-4-11-12(13(18)19)14-15-16(11)9-5-6-10(17(20)21)8(2)7-9/h5-7H,3-4H2,1-2H3,(H,18,19). The summed E-state index contributed by atoms with van der Waals surface area (Å²) in [6.45, 7) is 3.54. The zero-order valence-electron chi connectivity index (χ0n) is 11.6. The molecule has 21 heavy (non-hydrogen) atoms. The molecule has 0 fully saturated rings. The Kier molecular flexibility index (Phi) is 3.97. The van der Waals surface area contributed by atoms with E-state index in [1.54, 1.807) is 13.0 Å². The Bertz CT molecular complexity index is 708. The molecule has 0 aliphatic rings. The summed E-state index contributed by atoms with van der Waals surface area (Å²) >= 11 is 0. The Morgan fingerprint density at radius 1 is 1.48 bits per heavy atom. The van der Waals surface area contributed by atoms with Gasteiger partial charge in [0.25, 0.3) is 5.69 Å². The number of carbonyl (C=O) groups is 1. The molecule has 2 rings (SSSR count). The van der Waals surface area contributed by atoms with Gasteiger partial charge in [-0.3, -0.25) is 10.1 Å². The van der Waals surface area contributed by atoms with E-state index in [4.69, 9.17) is 5.11 Å². The van der Waals surface area contributed by atoms with Crippen molar-refractivity contribution in [1.29, 1.82) is 0 Å². The van der Waals surface area contributed by atoms with Gasteiger partial charge in [-0.1, -0.05) is 18.6 Å². The Morgan fingerprint density at radius 3 is 2.71 bits per heavy atom. The first-order valence-electron chi connectivity index (χ1n) is 6.39. The van der Waals surface area contributed by atoms with E-state index in [2.05, 4.69) is 10.3 Å². The van der Waals surface area contributed by atoms with Crippen LogP contribution in [-0.4, -0.2) is 31.0 Å². The third kappa shape index (κ3) is 2.73. The number of nitro groups is 1. The molecule has 0 bridgehead atoms. The fraction of sp³-hybridized carbons (Fsp3) is 0.308. The van der Waals surface area contributed by atoms with E-state index >= 15 is 0 Å². The Balaban J connectivity index is 2.54. The average molecular weight is 290 g/mol. The lowest BCUT2D eigenvalue weighted by Crippen LogP contribution is -2.07. The largest absolute Gasteiger partial charge is 0.476 e. The number of nitro benzene ring substituents is 1. The highest BCUT2D eigenvalue weighted by Gasteiger charge is 2.20. The number of carboxylic acid groups (broad SMARTS) is 1. The van der Waals surface area contributed by atoms with Crippen molar-refractivity contribution >= 4 is 11.7 Å². The minimum Gasteiger partial charge on any atom is -0.476 e. The summed E-state index contributed by atoms with van der Waals surface area (Å²) in [5, 5.41) is 27.5. The molecular weight excluding hydrogens is 276 g/mol. The van der Waals surface area contributed by atoms with E-state index in [0.717, 1.165) is 6.42 Å². The van der Waals surface area contributed by atoms with Crippen molar-refractivity contribution in [2.45, 2.75) is 26.7 Å². The van der Waals surface area contributed by atoms with Gasteiger partial charge in [-0.05, 0) is 25.5 Å². The predicted octanol–water partition coefficient (Wildman–Crippen LogP) is 2.13. The Morgan fingerprint density at radius 2 is 2.19 bits per heavy atom. The summed E-state index contributed by atoms with van der Waals surface area (Å²) in [5.74, 6) is -1.14. The second-order valence-corrected chi connectivity index (χ2v) is 4.58. The van der Waals surface area contributed by atoms with Crippen LogP contribution in [0, 0.1) is 17.0 Å². The van der Waals surface area contributed by atoms with Crippen molar-refractivity contribution in [3.8, 4) is 5.69 Å². The van der Waals surface area contributed by atoms with Gasteiger partial charge in [-0.15, -0.1) is 5.10 Å². The lowest BCUT2D eigenvalue weighted by molar-refractivity contribution is -0.385. The third-order valence-corrected chi connectivity index (χ3v) is 3.07. The van der Waals surface area contributed by atoms with Crippen LogP contribution in [0.4, 0.5) is 5.69 Å². The number of aromatic nitrogens is 3.